The van der Waals surface area contributed by atoms with Gasteiger partial charge >= 0.3 is 0 Å². The molecule has 4 rings (SSSR count). The summed E-state index contributed by atoms with van der Waals surface area (Å²) in [7, 11) is 0. The number of carbonyl (C=O) groups is 1. The minimum Gasteiger partial charge on any atom is -0.472 e. The number of ether oxygens (including phenoxy) is 2. The van der Waals surface area contributed by atoms with Crippen LogP contribution in [0.25, 0.3) is 0 Å². The molecule has 1 amide bonds. The molecule has 0 bridgehead atoms. The summed E-state index contributed by atoms with van der Waals surface area (Å²) in [6.45, 7) is 2.81. The van der Waals surface area contributed by atoms with Crippen LogP contribution in [0.3, 0.4) is 0 Å². The number of carbonyl (C=O) groups excluding carboxylic acids is 1. The van der Waals surface area contributed by atoms with Crippen LogP contribution in [0.15, 0.2) is 53.3 Å². The van der Waals surface area contributed by atoms with Gasteiger partial charge in [0.2, 0.25) is 0 Å². The van der Waals surface area contributed by atoms with Crippen molar-refractivity contribution in [3.05, 3.63) is 60.1 Å². The molecule has 0 radical (unpaired) electrons. The van der Waals surface area contributed by atoms with E-state index in [0.29, 0.717) is 12.2 Å². The van der Waals surface area contributed by atoms with Crippen molar-refractivity contribution in [3.63, 3.8) is 0 Å². The Bertz CT molecular complexity index is 705. The molecule has 1 aromatic carbocycles. The lowest BCUT2D eigenvalue weighted by atomic mass is 9.83. The highest BCUT2D eigenvalue weighted by atomic mass is 16.5. The first-order valence-electron chi connectivity index (χ1n) is 9.35. The van der Waals surface area contributed by atoms with Crippen LogP contribution in [0.4, 0.5) is 0 Å². The summed E-state index contributed by atoms with van der Waals surface area (Å²) >= 11 is 0. The summed E-state index contributed by atoms with van der Waals surface area (Å²) in [6, 6.07) is 12.0. The Morgan fingerprint density at radius 3 is 2.73 bits per heavy atom. The smallest absolute Gasteiger partial charge is 0.257 e. The lowest BCUT2D eigenvalue weighted by Crippen LogP contribution is -2.52. The number of furan rings is 1. The summed E-state index contributed by atoms with van der Waals surface area (Å²) in [6.07, 6.45) is 6.85. The van der Waals surface area contributed by atoms with E-state index in [4.69, 9.17) is 13.9 Å². The van der Waals surface area contributed by atoms with E-state index in [-0.39, 0.29) is 17.6 Å². The Morgan fingerprint density at radius 2 is 2.00 bits per heavy atom. The van der Waals surface area contributed by atoms with E-state index in [2.05, 4.69) is 12.1 Å². The van der Waals surface area contributed by atoms with Crippen LogP contribution in [-0.4, -0.2) is 42.2 Å². The highest BCUT2D eigenvalue weighted by Gasteiger charge is 2.41. The van der Waals surface area contributed by atoms with Crippen molar-refractivity contribution in [2.24, 2.45) is 0 Å². The largest absolute Gasteiger partial charge is 0.472 e. The van der Waals surface area contributed by atoms with Crippen molar-refractivity contribution in [3.8, 4) is 0 Å². The van der Waals surface area contributed by atoms with Gasteiger partial charge in [-0.2, -0.15) is 0 Å². The zero-order valence-electron chi connectivity index (χ0n) is 14.9. The van der Waals surface area contributed by atoms with E-state index in [0.717, 1.165) is 45.4 Å². The Balaban J connectivity index is 1.31. The minimum atomic E-state index is -0.146. The normalized spacial score (nSPS) is 22.5. The first-order valence-corrected chi connectivity index (χ1v) is 9.35. The van der Waals surface area contributed by atoms with Crippen molar-refractivity contribution >= 4 is 5.91 Å². The van der Waals surface area contributed by atoms with Crippen molar-refractivity contribution < 1.29 is 18.7 Å². The highest BCUT2D eigenvalue weighted by Crippen LogP contribution is 2.36. The van der Waals surface area contributed by atoms with E-state index < -0.39 is 0 Å². The Kier molecular flexibility index (Phi) is 5.09. The molecule has 0 saturated carbocycles. The molecule has 1 spiro atoms. The molecule has 0 aliphatic carbocycles. The molecule has 138 valence electrons. The van der Waals surface area contributed by atoms with Crippen molar-refractivity contribution in [1.29, 1.82) is 0 Å². The van der Waals surface area contributed by atoms with E-state index >= 15 is 0 Å². The lowest BCUT2D eigenvalue weighted by Gasteiger charge is -2.46. The molecule has 3 heterocycles. The molecule has 2 aliphatic rings. The van der Waals surface area contributed by atoms with Gasteiger partial charge < -0.3 is 18.8 Å². The van der Waals surface area contributed by atoms with E-state index in [9.17, 15) is 4.79 Å². The second-order valence-electron chi connectivity index (χ2n) is 7.25. The summed E-state index contributed by atoms with van der Waals surface area (Å²) in [4.78, 5) is 14.4. The second-order valence-corrected chi connectivity index (χ2v) is 7.25. The third kappa shape index (κ3) is 3.84. The van der Waals surface area contributed by atoms with Crippen LogP contribution in [0.5, 0.6) is 0 Å². The second kappa shape index (κ2) is 7.64. The third-order valence-corrected chi connectivity index (χ3v) is 5.51. The molecule has 2 saturated heterocycles. The van der Waals surface area contributed by atoms with Gasteiger partial charge in [0.1, 0.15) is 6.26 Å². The third-order valence-electron chi connectivity index (χ3n) is 5.51. The van der Waals surface area contributed by atoms with Gasteiger partial charge in [-0.05, 0) is 30.9 Å². The van der Waals surface area contributed by atoms with E-state index in [1.807, 2.05) is 23.1 Å². The molecule has 1 atom stereocenters. The van der Waals surface area contributed by atoms with Crippen molar-refractivity contribution in [2.75, 3.05) is 19.7 Å². The van der Waals surface area contributed by atoms with Crippen LogP contribution in [0.2, 0.25) is 0 Å². The van der Waals surface area contributed by atoms with Crippen molar-refractivity contribution in [1.82, 2.24) is 4.90 Å². The van der Waals surface area contributed by atoms with Crippen LogP contribution in [0, 0.1) is 0 Å². The zero-order chi connectivity index (χ0) is 17.8. The van der Waals surface area contributed by atoms with Gasteiger partial charge in [0.25, 0.3) is 5.91 Å². The number of piperidine rings is 1. The number of rotatable bonds is 4. The molecule has 0 N–H and O–H groups in total. The van der Waals surface area contributed by atoms with Gasteiger partial charge in [-0.1, -0.05) is 30.3 Å². The quantitative estimate of drug-likeness (QED) is 0.840. The van der Waals surface area contributed by atoms with E-state index in [1.165, 1.54) is 18.1 Å². The number of nitrogens with zero attached hydrogens (tertiary/aromatic N) is 1. The highest BCUT2D eigenvalue weighted by molar-refractivity contribution is 5.93. The molecule has 1 unspecified atom stereocenters. The van der Waals surface area contributed by atoms with Crippen LogP contribution < -0.4 is 0 Å². The van der Waals surface area contributed by atoms with Gasteiger partial charge in [0, 0.05) is 26.1 Å². The van der Waals surface area contributed by atoms with Gasteiger partial charge in [-0.15, -0.1) is 0 Å². The van der Waals surface area contributed by atoms with Crippen molar-refractivity contribution in [2.45, 2.75) is 44.0 Å². The summed E-state index contributed by atoms with van der Waals surface area (Å²) in [5.41, 5.74) is 1.68. The maximum absolute atomic E-state index is 12.5. The SMILES string of the molecule is O=C(c1ccoc1)N1CCC2(CC1)CC(OCc1ccccc1)CCO2. The maximum atomic E-state index is 12.5. The predicted octanol–water partition coefficient (Wildman–Crippen LogP) is 3.65. The number of benzene rings is 1. The van der Waals surface area contributed by atoms with Gasteiger partial charge in [-0.3, -0.25) is 4.79 Å². The molecule has 5 heteroatoms. The predicted molar refractivity (Wildman–Crippen MR) is 96.8 cm³/mol. The Labute approximate surface area is 153 Å². The number of amides is 1. The first kappa shape index (κ1) is 17.3. The van der Waals surface area contributed by atoms with E-state index in [1.54, 1.807) is 6.07 Å². The fourth-order valence-electron chi connectivity index (χ4n) is 3.95. The molecule has 2 aliphatic heterocycles. The fourth-order valence-corrected chi connectivity index (χ4v) is 3.95. The Hall–Kier alpha value is -2.11. The van der Waals surface area contributed by atoms with Gasteiger partial charge in [-0.25, -0.2) is 0 Å². The van der Waals surface area contributed by atoms with Crippen LogP contribution in [-0.2, 0) is 16.1 Å². The molecule has 1 aromatic heterocycles. The summed E-state index contributed by atoms with van der Waals surface area (Å²) < 4.78 is 17.4. The molecule has 2 fully saturated rings. The van der Waals surface area contributed by atoms with Crippen LogP contribution in [0.1, 0.15) is 41.6 Å². The molecular weight excluding hydrogens is 330 g/mol. The van der Waals surface area contributed by atoms with Gasteiger partial charge in [0.05, 0.1) is 30.1 Å². The number of likely N-dealkylation sites (tertiary alicyclic amines) is 1. The average Bonchev–Trinajstić information content (AvgIpc) is 3.22. The molecular formula is C21H25NO4. The number of hydrogen-bond donors (Lipinski definition) is 0. The Morgan fingerprint density at radius 1 is 1.19 bits per heavy atom. The van der Waals surface area contributed by atoms with Crippen LogP contribution >= 0.6 is 0 Å². The zero-order valence-corrected chi connectivity index (χ0v) is 14.9. The molecule has 26 heavy (non-hydrogen) atoms. The molecule has 2 aromatic rings. The summed E-state index contributed by atoms with van der Waals surface area (Å²) in [5, 5.41) is 0. The lowest BCUT2D eigenvalue weighted by molar-refractivity contribution is -0.154. The summed E-state index contributed by atoms with van der Waals surface area (Å²) in [5.74, 6) is 0.0429. The fraction of sp³-hybridized carbons (Fsp3) is 0.476. The topological polar surface area (TPSA) is 51.9 Å². The average molecular weight is 355 g/mol. The monoisotopic (exact) mass is 355 g/mol. The molecule has 5 nitrogen and oxygen atoms in total. The maximum Gasteiger partial charge on any atom is 0.257 e. The standard InChI is InChI=1S/C21H25NO4/c23-20(18-6-12-24-16-18)22-10-8-21(9-11-22)14-19(7-13-26-21)25-15-17-4-2-1-3-5-17/h1-6,12,16,19H,7-11,13-15H2. The minimum absolute atomic E-state index is 0.0429. The number of hydrogen-bond acceptors (Lipinski definition) is 4. The first-order chi connectivity index (χ1) is 12.7. The van der Waals surface area contributed by atoms with Gasteiger partial charge in [0.15, 0.2) is 0 Å².